The monoisotopic (exact) mass is 566 g/mol. The maximum Gasteiger partial charge on any atom is 0.453 e. The van der Waals surface area contributed by atoms with E-state index >= 15 is 0 Å². The summed E-state index contributed by atoms with van der Waals surface area (Å²) in [7, 11) is 3.32. The standard InChI is InChI=1S/C32H40B2N4O4/c1-5-7-9-11-17-41-31-21-26(34-36-28-16-14-24(40-4)20-30(28)38-34)32(42-18-12-10-8-6-2)22-25(31)33-35-27-15-13-23(39-3)19-29(27)37-33/h13-16,19-22H,5-12,17-18H2,1-4H3. The lowest BCUT2D eigenvalue weighted by Gasteiger charge is -2.18. The summed E-state index contributed by atoms with van der Waals surface area (Å²) in [5, 5.41) is 3.30. The Bertz CT molecular complexity index is 1510. The van der Waals surface area contributed by atoms with Gasteiger partial charge in [-0.15, -0.1) is 0 Å². The fraction of sp³-hybridized carbons (Fsp3) is 0.438. The highest BCUT2D eigenvalue weighted by Crippen LogP contribution is 2.20. The molecule has 5 rings (SSSR count). The Balaban J connectivity index is 1.54. The van der Waals surface area contributed by atoms with Crippen LogP contribution >= 0.6 is 0 Å². The molecule has 0 radical (unpaired) electrons. The van der Waals surface area contributed by atoms with Crippen LogP contribution in [0, 0.1) is 0 Å². The van der Waals surface area contributed by atoms with Crippen molar-refractivity contribution in [2.24, 2.45) is 19.6 Å². The fourth-order valence-corrected chi connectivity index (χ4v) is 5.22. The number of ether oxygens (including phenoxy) is 4. The first kappa shape index (κ1) is 29.7. The van der Waals surface area contributed by atoms with Gasteiger partial charge in [0.2, 0.25) is 0 Å². The lowest BCUT2D eigenvalue weighted by Crippen LogP contribution is -2.35. The van der Waals surface area contributed by atoms with E-state index in [1.54, 1.807) is 14.2 Å². The second kappa shape index (κ2) is 14.4. The van der Waals surface area contributed by atoms with Crippen LogP contribution in [0.5, 0.6) is 23.0 Å². The van der Waals surface area contributed by atoms with Gasteiger partial charge in [0, 0.05) is 23.1 Å². The van der Waals surface area contributed by atoms with Gasteiger partial charge in [-0.3, -0.25) is 0 Å². The van der Waals surface area contributed by atoms with Crippen LogP contribution in [0.15, 0.2) is 68.1 Å². The van der Waals surface area contributed by atoms with Crippen molar-refractivity contribution in [3.63, 3.8) is 0 Å². The van der Waals surface area contributed by atoms with Crippen LogP contribution in [-0.2, 0) is 0 Å². The second-order valence-corrected chi connectivity index (χ2v) is 10.7. The van der Waals surface area contributed by atoms with Crippen LogP contribution in [0.1, 0.15) is 65.2 Å². The summed E-state index contributed by atoms with van der Waals surface area (Å²) in [6, 6.07) is 15.7. The molecule has 218 valence electrons. The molecular weight excluding hydrogens is 526 g/mol. The molecule has 3 aromatic carbocycles. The zero-order valence-electron chi connectivity index (χ0n) is 25.3. The third kappa shape index (κ3) is 6.97. The van der Waals surface area contributed by atoms with E-state index in [1.807, 2.05) is 48.5 Å². The fourth-order valence-electron chi connectivity index (χ4n) is 5.22. The van der Waals surface area contributed by atoms with Gasteiger partial charge >= 0.3 is 14.0 Å². The first-order valence-electron chi connectivity index (χ1n) is 15.3. The number of unbranched alkanes of at least 4 members (excludes halogenated alkanes) is 6. The summed E-state index contributed by atoms with van der Waals surface area (Å²) in [6.07, 6.45) is 8.97. The highest BCUT2D eigenvalue weighted by atomic mass is 16.5. The van der Waals surface area contributed by atoms with Crippen molar-refractivity contribution in [2.45, 2.75) is 65.2 Å². The molecule has 0 N–H and O–H groups in total. The number of benzene rings is 3. The zero-order chi connectivity index (χ0) is 29.3. The number of methoxy groups -OCH3 is 2. The molecule has 3 aromatic rings. The third-order valence-corrected chi connectivity index (χ3v) is 7.62. The minimum absolute atomic E-state index is 0.437. The molecule has 42 heavy (non-hydrogen) atoms. The quantitative estimate of drug-likeness (QED) is 0.197. The summed E-state index contributed by atoms with van der Waals surface area (Å²) in [5.41, 5.74) is 1.76. The first-order chi connectivity index (χ1) is 20.6. The van der Waals surface area contributed by atoms with E-state index in [0.717, 1.165) is 81.0 Å². The maximum absolute atomic E-state index is 6.46. The van der Waals surface area contributed by atoms with Crippen molar-refractivity contribution in [3.8, 4) is 23.0 Å². The Kier molecular flexibility index (Phi) is 10.2. The van der Waals surface area contributed by atoms with Gasteiger partial charge < -0.3 is 38.6 Å². The van der Waals surface area contributed by atoms with Crippen molar-refractivity contribution in [1.82, 2.24) is 0 Å². The molecule has 0 fully saturated rings. The molecule has 0 aliphatic carbocycles. The van der Waals surface area contributed by atoms with Crippen LogP contribution in [-0.4, -0.2) is 41.4 Å². The predicted molar refractivity (Wildman–Crippen MR) is 167 cm³/mol. The van der Waals surface area contributed by atoms with E-state index in [1.165, 1.54) is 25.7 Å². The summed E-state index contributed by atoms with van der Waals surface area (Å²) in [6.45, 7) is 4.79. The van der Waals surface area contributed by atoms with Gasteiger partial charge in [-0.25, -0.2) is 0 Å². The summed E-state index contributed by atoms with van der Waals surface area (Å²) in [4.78, 5) is 19.8. The van der Waals surface area contributed by atoms with E-state index < -0.39 is 14.0 Å². The minimum Gasteiger partial charge on any atom is -0.497 e. The summed E-state index contributed by atoms with van der Waals surface area (Å²) < 4.78 is 23.8. The van der Waals surface area contributed by atoms with Crippen LogP contribution in [0.4, 0.5) is 0 Å². The number of hydrogen-bond acceptors (Lipinski definition) is 8. The van der Waals surface area contributed by atoms with Gasteiger partial charge in [-0.1, -0.05) is 52.4 Å². The molecule has 0 spiro atoms. The van der Waals surface area contributed by atoms with Gasteiger partial charge in [0.05, 0.1) is 48.9 Å². The van der Waals surface area contributed by atoms with Crippen molar-refractivity contribution < 1.29 is 18.9 Å². The SMILES string of the molecule is CCCCCCOc1cc(B2N=c3ccc(OC)cc3=N2)c(OCCCCCC)cc1B1N=c2ccc(OC)cc2=N1. The largest absolute Gasteiger partial charge is 0.497 e. The van der Waals surface area contributed by atoms with Crippen molar-refractivity contribution in [1.29, 1.82) is 0 Å². The maximum atomic E-state index is 6.46. The zero-order valence-corrected chi connectivity index (χ0v) is 25.3. The first-order valence-corrected chi connectivity index (χ1v) is 15.3. The smallest absolute Gasteiger partial charge is 0.453 e. The van der Waals surface area contributed by atoms with E-state index in [2.05, 4.69) is 13.8 Å². The number of hydrogen-bond donors (Lipinski definition) is 0. The van der Waals surface area contributed by atoms with Crippen molar-refractivity contribution >= 4 is 24.9 Å². The number of nitrogens with zero attached hydrogens (tertiary/aromatic N) is 4. The van der Waals surface area contributed by atoms with Crippen molar-refractivity contribution in [3.05, 3.63) is 70.0 Å². The van der Waals surface area contributed by atoms with Crippen molar-refractivity contribution in [2.75, 3.05) is 27.4 Å². The topological polar surface area (TPSA) is 86.4 Å². The van der Waals surface area contributed by atoms with Crippen LogP contribution in [0.25, 0.3) is 0 Å². The Morgan fingerprint density at radius 2 is 0.952 bits per heavy atom. The van der Waals surface area contributed by atoms with Gasteiger partial charge in [-0.2, -0.15) is 0 Å². The van der Waals surface area contributed by atoms with E-state index in [0.29, 0.717) is 13.2 Å². The molecule has 8 nitrogen and oxygen atoms in total. The molecule has 0 amide bonds. The molecule has 0 unspecified atom stereocenters. The van der Waals surface area contributed by atoms with Gasteiger partial charge in [0.1, 0.15) is 23.0 Å². The molecule has 0 atom stereocenters. The number of fused-ring (bicyclic) bond motifs is 2. The summed E-state index contributed by atoms with van der Waals surface area (Å²) in [5.74, 6) is 3.01. The molecule has 2 heterocycles. The average molecular weight is 566 g/mol. The van der Waals surface area contributed by atoms with E-state index in [4.69, 9.17) is 38.6 Å². The second-order valence-electron chi connectivity index (χ2n) is 10.7. The highest BCUT2D eigenvalue weighted by Gasteiger charge is 2.31. The lowest BCUT2D eigenvalue weighted by molar-refractivity contribution is 0.300. The lowest BCUT2D eigenvalue weighted by atomic mass is 9.65. The molecule has 0 aromatic heterocycles. The van der Waals surface area contributed by atoms with E-state index in [9.17, 15) is 0 Å². The molecule has 2 aliphatic rings. The number of rotatable bonds is 16. The van der Waals surface area contributed by atoms with Gasteiger partial charge in [-0.05, 0) is 49.2 Å². The normalized spacial score (nSPS) is 13.0. The molecule has 10 heteroatoms. The van der Waals surface area contributed by atoms with E-state index in [-0.39, 0.29) is 0 Å². The molecule has 2 aliphatic heterocycles. The Hall–Kier alpha value is -3.81. The van der Waals surface area contributed by atoms with Crippen LogP contribution in [0.2, 0.25) is 0 Å². The predicted octanol–water partition coefficient (Wildman–Crippen LogP) is 2.92. The Labute approximate surface area is 248 Å². The molecule has 0 saturated heterocycles. The molecule has 0 bridgehead atoms. The third-order valence-electron chi connectivity index (χ3n) is 7.62. The highest BCUT2D eigenvalue weighted by molar-refractivity contribution is 6.73. The van der Waals surface area contributed by atoms with Gasteiger partial charge in [0.25, 0.3) is 0 Å². The molecular formula is C32H40B2N4O4. The van der Waals surface area contributed by atoms with Crippen LogP contribution in [0.3, 0.4) is 0 Å². The average Bonchev–Trinajstić information content (AvgIpc) is 3.64. The minimum atomic E-state index is -0.437. The van der Waals surface area contributed by atoms with Crippen LogP contribution < -0.4 is 51.3 Å². The Morgan fingerprint density at radius 3 is 1.36 bits per heavy atom. The molecule has 0 saturated carbocycles. The van der Waals surface area contributed by atoms with Gasteiger partial charge in [0.15, 0.2) is 0 Å². The Morgan fingerprint density at radius 1 is 0.524 bits per heavy atom. The summed E-state index contributed by atoms with van der Waals surface area (Å²) >= 11 is 0.